The van der Waals surface area contributed by atoms with Crippen molar-refractivity contribution in [3.05, 3.63) is 77.9 Å². The molecule has 1 N–H and O–H groups in total. The molecule has 1 atom stereocenters. The van der Waals surface area contributed by atoms with Gasteiger partial charge in [0, 0.05) is 23.3 Å². The molecule has 1 amide bonds. The summed E-state index contributed by atoms with van der Waals surface area (Å²) >= 11 is 0. The van der Waals surface area contributed by atoms with Gasteiger partial charge in [-0.05, 0) is 75.9 Å². The molecule has 5 rings (SSSR count). The average Bonchev–Trinajstić information content (AvgIpc) is 3.41. The van der Waals surface area contributed by atoms with Gasteiger partial charge in [0.25, 0.3) is 10.0 Å². The SMILES string of the molecule is Cc1ncc(-c2cc3c4c(ccc3n2S(=O)(=O)c2ccccc2)[C@H](NC(=O)OC(C)(C)C)CC4)cn1. The number of amides is 1. The Hall–Kier alpha value is -3.72. The standard InChI is InChI=1S/C27H28N4O4S/c1-17-28-15-18(16-29-17)25-14-22-20-10-12-23(30-26(32)35-27(2,3)4)21(20)11-13-24(22)31(25)36(33,34)19-8-6-5-7-9-19/h5-9,11,13-16,23H,10,12H2,1-4H3,(H,30,32)/t23-/m1/s1. The van der Waals surface area contributed by atoms with E-state index in [0.29, 0.717) is 35.4 Å². The van der Waals surface area contributed by atoms with E-state index >= 15 is 0 Å². The smallest absolute Gasteiger partial charge is 0.408 e. The minimum atomic E-state index is -3.91. The lowest BCUT2D eigenvalue weighted by atomic mass is 10.0. The molecule has 1 aliphatic rings. The Bertz CT molecular complexity index is 1550. The monoisotopic (exact) mass is 504 g/mol. The molecule has 0 fully saturated rings. The van der Waals surface area contributed by atoms with E-state index in [1.54, 1.807) is 49.6 Å². The first-order chi connectivity index (χ1) is 17.0. The van der Waals surface area contributed by atoms with Crippen molar-refractivity contribution in [2.75, 3.05) is 0 Å². The van der Waals surface area contributed by atoms with E-state index in [0.717, 1.165) is 16.5 Å². The van der Waals surface area contributed by atoms with Crippen molar-refractivity contribution in [2.24, 2.45) is 0 Å². The summed E-state index contributed by atoms with van der Waals surface area (Å²) in [4.78, 5) is 21.2. The number of nitrogens with zero attached hydrogens (tertiary/aromatic N) is 3. The Morgan fingerprint density at radius 3 is 2.44 bits per heavy atom. The number of hydrogen-bond acceptors (Lipinski definition) is 6. The number of nitrogens with one attached hydrogen (secondary N) is 1. The lowest BCUT2D eigenvalue weighted by Gasteiger charge is -2.22. The molecule has 2 aromatic carbocycles. The third-order valence-electron chi connectivity index (χ3n) is 6.20. The van der Waals surface area contributed by atoms with Gasteiger partial charge in [-0.1, -0.05) is 24.3 Å². The van der Waals surface area contributed by atoms with Crippen LogP contribution in [0.1, 0.15) is 50.2 Å². The number of alkyl carbamates (subject to hydrolysis) is 1. The minimum Gasteiger partial charge on any atom is -0.444 e. The predicted molar refractivity (Wildman–Crippen MR) is 137 cm³/mol. The van der Waals surface area contributed by atoms with E-state index in [9.17, 15) is 13.2 Å². The Balaban J connectivity index is 1.66. The highest BCUT2D eigenvalue weighted by Gasteiger charge is 2.31. The van der Waals surface area contributed by atoms with Crippen molar-refractivity contribution in [1.82, 2.24) is 19.3 Å². The number of rotatable bonds is 4. The Morgan fingerprint density at radius 2 is 1.78 bits per heavy atom. The van der Waals surface area contributed by atoms with Crippen LogP contribution in [0.4, 0.5) is 4.79 Å². The van der Waals surface area contributed by atoms with Crippen molar-refractivity contribution < 1.29 is 17.9 Å². The summed E-state index contributed by atoms with van der Waals surface area (Å²) in [6, 6.07) is 13.8. The molecule has 36 heavy (non-hydrogen) atoms. The molecule has 0 saturated heterocycles. The third kappa shape index (κ3) is 4.35. The molecule has 2 heterocycles. The molecule has 0 radical (unpaired) electrons. The van der Waals surface area contributed by atoms with Gasteiger partial charge < -0.3 is 10.1 Å². The summed E-state index contributed by atoms with van der Waals surface area (Å²) < 4.78 is 34.5. The zero-order valence-electron chi connectivity index (χ0n) is 20.6. The zero-order chi connectivity index (χ0) is 25.7. The first-order valence-electron chi connectivity index (χ1n) is 11.8. The molecule has 0 unspecified atom stereocenters. The van der Waals surface area contributed by atoms with E-state index < -0.39 is 21.7 Å². The summed E-state index contributed by atoms with van der Waals surface area (Å²) in [5.41, 5.74) is 3.06. The predicted octanol–water partition coefficient (Wildman–Crippen LogP) is 5.16. The molecule has 4 aromatic rings. The van der Waals surface area contributed by atoms with Crippen LogP contribution in [0.2, 0.25) is 0 Å². The first-order valence-corrected chi connectivity index (χ1v) is 13.2. The van der Waals surface area contributed by atoms with Gasteiger partial charge in [-0.25, -0.2) is 27.2 Å². The second-order valence-electron chi connectivity index (χ2n) is 9.93. The third-order valence-corrected chi connectivity index (χ3v) is 7.94. The van der Waals surface area contributed by atoms with Crippen LogP contribution in [-0.2, 0) is 21.2 Å². The number of fused-ring (bicyclic) bond motifs is 3. The maximum absolute atomic E-state index is 13.9. The summed E-state index contributed by atoms with van der Waals surface area (Å²) in [5, 5.41) is 3.80. The molecule has 9 heteroatoms. The fraction of sp³-hybridized carbons (Fsp3) is 0.296. The molecule has 0 spiro atoms. The molecular weight excluding hydrogens is 476 g/mol. The molecule has 2 aromatic heterocycles. The summed E-state index contributed by atoms with van der Waals surface area (Å²) in [6.45, 7) is 7.26. The Morgan fingerprint density at radius 1 is 1.08 bits per heavy atom. The number of aromatic nitrogens is 3. The van der Waals surface area contributed by atoms with Crippen LogP contribution in [0.5, 0.6) is 0 Å². The second kappa shape index (κ2) is 8.74. The number of carbonyl (C=O) groups excluding carboxylic acids is 1. The highest BCUT2D eigenvalue weighted by Crippen LogP contribution is 2.40. The quantitative estimate of drug-likeness (QED) is 0.412. The van der Waals surface area contributed by atoms with Crippen LogP contribution < -0.4 is 5.32 Å². The Labute approximate surface area is 210 Å². The average molecular weight is 505 g/mol. The lowest BCUT2D eigenvalue weighted by molar-refractivity contribution is 0.0503. The van der Waals surface area contributed by atoms with Gasteiger partial charge in [0.2, 0.25) is 0 Å². The first kappa shape index (κ1) is 24.0. The number of ether oxygens (including phenoxy) is 1. The fourth-order valence-electron chi connectivity index (χ4n) is 4.66. The topological polar surface area (TPSA) is 103 Å². The molecular formula is C27H28N4O4S. The lowest BCUT2D eigenvalue weighted by Crippen LogP contribution is -2.34. The van der Waals surface area contributed by atoms with E-state index in [1.165, 1.54) is 3.97 Å². The molecule has 1 aliphatic carbocycles. The van der Waals surface area contributed by atoms with Gasteiger partial charge in [-0.3, -0.25) is 0 Å². The van der Waals surface area contributed by atoms with Crippen molar-refractivity contribution in [2.45, 2.75) is 57.1 Å². The number of hydrogen-bond donors (Lipinski definition) is 1. The highest BCUT2D eigenvalue weighted by atomic mass is 32.2. The summed E-state index contributed by atoms with van der Waals surface area (Å²) in [6.07, 6.45) is 4.21. The van der Waals surface area contributed by atoms with Crippen LogP contribution in [-0.4, -0.2) is 34.1 Å². The minimum absolute atomic E-state index is 0.196. The molecule has 0 bridgehead atoms. The van der Waals surface area contributed by atoms with Crippen LogP contribution in [0, 0.1) is 6.92 Å². The van der Waals surface area contributed by atoms with Crippen LogP contribution in [0.15, 0.2) is 65.8 Å². The Kier molecular flexibility index (Phi) is 5.83. The molecule has 0 aliphatic heterocycles. The van der Waals surface area contributed by atoms with Crippen molar-refractivity contribution in [3.8, 4) is 11.3 Å². The maximum Gasteiger partial charge on any atom is 0.408 e. The van der Waals surface area contributed by atoms with Crippen molar-refractivity contribution in [3.63, 3.8) is 0 Å². The second-order valence-corrected chi connectivity index (χ2v) is 11.7. The van der Waals surface area contributed by atoms with E-state index in [1.807, 2.05) is 39.0 Å². The van der Waals surface area contributed by atoms with E-state index in [2.05, 4.69) is 15.3 Å². The zero-order valence-corrected chi connectivity index (χ0v) is 21.5. The van der Waals surface area contributed by atoms with Crippen LogP contribution in [0.25, 0.3) is 22.2 Å². The van der Waals surface area contributed by atoms with Gasteiger partial charge in [0.15, 0.2) is 0 Å². The largest absolute Gasteiger partial charge is 0.444 e. The van der Waals surface area contributed by atoms with Gasteiger partial charge in [0.1, 0.15) is 11.4 Å². The van der Waals surface area contributed by atoms with Crippen molar-refractivity contribution >= 4 is 27.0 Å². The normalized spacial score (nSPS) is 15.6. The number of carbonyl (C=O) groups is 1. The fourth-order valence-corrected chi connectivity index (χ4v) is 6.21. The van der Waals surface area contributed by atoms with Gasteiger partial charge in [0.05, 0.1) is 22.1 Å². The van der Waals surface area contributed by atoms with E-state index in [-0.39, 0.29) is 10.9 Å². The number of aryl methyl sites for hydroxylation is 2. The van der Waals surface area contributed by atoms with Crippen molar-refractivity contribution in [1.29, 1.82) is 0 Å². The molecule has 186 valence electrons. The van der Waals surface area contributed by atoms with Gasteiger partial charge in [-0.2, -0.15) is 0 Å². The van der Waals surface area contributed by atoms with E-state index in [4.69, 9.17) is 4.74 Å². The summed E-state index contributed by atoms with van der Waals surface area (Å²) in [7, 11) is -3.91. The highest BCUT2D eigenvalue weighted by molar-refractivity contribution is 7.90. The van der Waals surface area contributed by atoms with Crippen LogP contribution in [0.3, 0.4) is 0 Å². The van der Waals surface area contributed by atoms with Crippen LogP contribution >= 0.6 is 0 Å². The van der Waals surface area contributed by atoms with Gasteiger partial charge in [-0.15, -0.1) is 0 Å². The summed E-state index contributed by atoms with van der Waals surface area (Å²) in [5.74, 6) is 0.601. The number of benzene rings is 2. The molecule has 0 saturated carbocycles. The van der Waals surface area contributed by atoms with Gasteiger partial charge >= 0.3 is 6.09 Å². The maximum atomic E-state index is 13.9. The molecule has 8 nitrogen and oxygen atoms in total.